The Balaban J connectivity index is 2.35. The summed E-state index contributed by atoms with van der Waals surface area (Å²) >= 11 is 0. The number of carbonyl (C=O) groups is 2. The van der Waals surface area contributed by atoms with Crippen molar-refractivity contribution in [3.63, 3.8) is 0 Å². The summed E-state index contributed by atoms with van der Waals surface area (Å²) in [6.45, 7) is 8.88. The third-order valence-corrected chi connectivity index (χ3v) is 3.20. The number of imide groups is 1. The predicted octanol–water partition coefficient (Wildman–Crippen LogP) is 0.0721. The number of carbonyl (C=O) groups excluding carboxylic acids is 2. The molecule has 1 fully saturated rings. The molecule has 1 aliphatic rings. The van der Waals surface area contributed by atoms with E-state index >= 15 is 0 Å². The summed E-state index contributed by atoms with van der Waals surface area (Å²) < 4.78 is 0. The molecule has 1 aliphatic heterocycles. The standard InChI is InChI=1S/C13H24N4O2/c1-3-7-15-13(19)16-12(18)10-17(4-2)11-6-5-8-14-9-11/h3,11,14H,1,4-10H2,2H3,(H2,15,16,18,19). The van der Waals surface area contributed by atoms with Crippen LogP contribution in [0.3, 0.4) is 0 Å². The Bertz CT molecular complexity index is 314. The number of likely N-dealkylation sites (N-methyl/N-ethyl adjacent to an activating group) is 1. The number of urea groups is 1. The van der Waals surface area contributed by atoms with E-state index in [1.165, 1.54) is 0 Å². The molecule has 3 amide bonds. The summed E-state index contributed by atoms with van der Waals surface area (Å²) in [6, 6.07) is -0.0940. The molecule has 0 aliphatic carbocycles. The first-order valence-electron chi connectivity index (χ1n) is 6.80. The van der Waals surface area contributed by atoms with Crippen molar-refractivity contribution in [2.24, 2.45) is 0 Å². The van der Waals surface area contributed by atoms with Gasteiger partial charge in [-0.3, -0.25) is 15.0 Å². The van der Waals surface area contributed by atoms with Crippen LogP contribution in [-0.2, 0) is 4.79 Å². The monoisotopic (exact) mass is 268 g/mol. The highest BCUT2D eigenvalue weighted by Crippen LogP contribution is 2.09. The zero-order valence-corrected chi connectivity index (χ0v) is 11.6. The quantitative estimate of drug-likeness (QED) is 0.596. The SMILES string of the molecule is C=CCNC(=O)NC(=O)CN(CC)C1CCCNC1. The minimum Gasteiger partial charge on any atom is -0.334 e. The van der Waals surface area contributed by atoms with E-state index in [1.54, 1.807) is 6.08 Å². The van der Waals surface area contributed by atoms with Crippen molar-refractivity contribution in [3.05, 3.63) is 12.7 Å². The lowest BCUT2D eigenvalue weighted by molar-refractivity contribution is -0.121. The molecule has 0 aromatic heterocycles. The molecule has 1 rings (SSSR count). The Morgan fingerprint density at radius 3 is 2.89 bits per heavy atom. The average Bonchev–Trinajstić information content (AvgIpc) is 2.43. The fourth-order valence-electron chi connectivity index (χ4n) is 2.20. The maximum Gasteiger partial charge on any atom is 0.321 e. The number of rotatable bonds is 6. The number of hydrogen-bond acceptors (Lipinski definition) is 4. The van der Waals surface area contributed by atoms with E-state index in [-0.39, 0.29) is 12.5 Å². The Morgan fingerprint density at radius 2 is 2.32 bits per heavy atom. The Kier molecular flexibility index (Phi) is 7.14. The zero-order chi connectivity index (χ0) is 14.1. The van der Waals surface area contributed by atoms with Crippen LogP contribution in [0.15, 0.2) is 12.7 Å². The lowest BCUT2D eigenvalue weighted by atomic mass is 10.1. The van der Waals surface area contributed by atoms with E-state index in [0.717, 1.165) is 32.5 Å². The van der Waals surface area contributed by atoms with Crippen molar-refractivity contribution in [2.45, 2.75) is 25.8 Å². The summed E-state index contributed by atoms with van der Waals surface area (Å²) in [5.74, 6) is -0.269. The Morgan fingerprint density at radius 1 is 1.53 bits per heavy atom. The van der Waals surface area contributed by atoms with Crippen LogP contribution < -0.4 is 16.0 Å². The van der Waals surface area contributed by atoms with E-state index in [2.05, 4.69) is 27.4 Å². The molecular weight excluding hydrogens is 244 g/mol. The molecule has 1 heterocycles. The van der Waals surface area contributed by atoms with Crippen molar-refractivity contribution < 1.29 is 9.59 Å². The second-order valence-electron chi connectivity index (χ2n) is 4.61. The molecule has 0 spiro atoms. The summed E-state index contributed by atoms with van der Waals surface area (Å²) in [6.07, 6.45) is 3.79. The van der Waals surface area contributed by atoms with Crippen LogP contribution in [0.2, 0.25) is 0 Å². The number of nitrogens with one attached hydrogen (secondary N) is 3. The summed E-state index contributed by atoms with van der Waals surface area (Å²) in [4.78, 5) is 25.2. The number of nitrogens with zero attached hydrogens (tertiary/aromatic N) is 1. The smallest absolute Gasteiger partial charge is 0.321 e. The fourth-order valence-corrected chi connectivity index (χ4v) is 2.20. The van der Waals surface area contributed by atoms with Crippen LogP contribution in [0.1, 0.15) is 19.8 Å². The van der Waals surface area contributed by atoms with Crippen LogP contribution in [0.25, 0.3) is 0 Å². The number of piperidine rings is 1. The average molecular weight is 268 g/mol. The van der Waals surface area contributed by atoms with Crippen molar-refractivity contribution in [1.29, 1.82) is 0 Å². The lowest BCUT2D eigenvalue weighted by Crippen LogP contribution is -2.51. The molecule has 1 atom stereocenters. The second-order valence-corrected chi connectivity index (χ2v) is 4.61. The minimum absolute atomic E-state index is 0.254. The van der Waals surface area contributed by atoms with Gasteiger partial charge in [0.05, 0.1) is 6.54 Å². The van der Waals surface area contributed by atoms with Crippen molar-refractivity contribution >= 4 is 11.9 Å². The Labute approximate surface area is 114 Å². The summed E-state index contributed by atoms with van der Waals surface area (Å²) in [5.41, 5.74) is 0. The van der Waals surface area contributed by atoms with Gasteiger partial charge in [-0.05, 0) is 25.9 Å². The van der Waals surface area contributed by atoms with Crippen LogP contribution in [0.4, 0.5) is 4.79 Å². The van der Waals surface area contributed by atoms with Gasteiger partial charge in [-0.2, -0.15) is 0 Å². The van der Waals surface area contributed by atoms with E-state index in [0.29, 0.717) is 12.6 Å². The number of amides is 3. The molecule has 3 N–H and O–H groups in total. The van der Waals surface area contributed by atoms with Crippen molar-refractivity contribution in [3.8, 4) is 0 Å². The van der Waals surface area contributed by atoms with Gasteiger partial charge in [-0.25, -0.2) is 4.79 Å². The molecule has 0 radical (unpaired) electrons. The third-order valence-electron chi connectivity index (χ3n) is 3.20. The van der Waals surface area contributed by atoms with Crippen molar-refractivity contribution in [2.75, 3.05) is 32.7 Å². The highest BCUT2D eigenvalue weighted by atomic mass is 16.2. The molecule has 6 nitrogen and oxygen atoms in total. The molecular formula is C13H24N4O2. The Hall–Kier alpha value is -1.40. The second kappa shape index (κ2) is 8.66. The molecule has 1 unspecified atom stereocenters. The van der Waals surface area contributed by atoms with Gasteiger partial charge < -0.3 is 10.6 Å². The maximum atomic E-state index is 11.8. The maximum absolute atomic E-state index is 11.8. The molecule has 19 heavy (non-hydrogen) atoms. The van der Waals surface area contributed by atoms with Gasteiger partial charge in [0.1, 0.15) is 0 Å². The van der Waals surface area contributed by atoms with Gasteiger partial charge in [-0.1, -0.05) is 13.0 Å². The van der Waals surface area contributed by atoms with E-state index in [1.807, 2.05) is 6.92 Å². The fraction of sp³-hybridized carbons (Fsp3) is 0.692. The largest absolute Gasteiger partial charge is 0.334 e. The van der Waals surface area contributed by atoms with Crippen LogP contribution in [-0.4, -0.2) is 55.6 Å². The lowest BCUT2D eigenvalue weighted by Gasteiger charge is -2.33. The van der Waals surface area contributed by atoms with E-state index in [9.17, 15) is 9.59 Å². The van der Waals surface area contributed by atoms with Gasteiger partial charge >= 0.3 is 6.03 Å². The molecule has 108 valence electrons. The van der Waals surface area contributed by atoms with Crippen LogP contribution in [0, 0.1) is 0 Å². The van der Waals surface area contributed by atoms with Gasteiger partial charge in [0.25, 0.3) is 0 Å². The minimum atomic E-state index is -0.470. The highest BCUT2D eigenvalue weighted by Gasteiger charge is 2.22. The third kappa shape index (κ3) is 5.85. The predicted molar refractivity (Wildman–Crippen MR) is 74.9 cm³/mol. The zero-order valence-electron chi connectivity index (χ0n) is 11.6. The molecule has 6 heteroatoms. The van der Waals surface area contributed by atoms with Gasteiger partial charge in [-0.15, -0.1) is 6.58 Å². The first-order valence-corrected chi connectivity index (χ1v) is 6.80. The topological polar surface area (TPSA) is 73.5 Å². The van der Waals surface area contributed by atoms with Crippen LogP contribution in [0.5, 0.6) is 0 Å². The van der Waals surface area contributed by atoms with Crippen molar-refractivity contribution in [1.82, 2.24) is 20.9 Å². The summed E-state index contributed by atoms with van der Waals surface area (Å²) in [7, 11) is 0. The molecule has 1 saturated heterocycles. The van der Waals surface area contributed by atoms with Gasteiger partial charge in [0, 0.05) is 19.1 Å². The molecule has 0 saturated carbocycles. The molecule has 0 aromatic rings. The normalized spacial score (nSPS) is 18.9. The molecule has 0 bridgehead atoms. The first-order chi connectivity index (χ1) is 9.17. The van der Waals surface area contributed by atoms with Gasteiger partial charge in [0.2, 0.25) is 5.91 Å². The van der Waals surface area contributed by atoms with Gasteiger partial charge in [0.15, 0.2) is 0 Å². The number of hydrogen-bond donors (Lipinski definition) is 3. The summed E-state index contributed by atoms with van der Waals surface area (Å²) in [5, 5.41) is 8.16. The van der Waals surface area contributed by atoms with Crippen LogP contribution >= 0.6 is 0 Å². The molecule has 0 aromatic carbocycles. The highest BCUT2D eigenvalue weighted by molar-refractivity contribution is 5.95. The van der Waals surface area contributed by atoms with E-state index in [4.69, 9.17) is 0 Å². The first kappa shape index (κ1) is 15.7. The van der Waals surface area contributed by atoms with E-state index < -0.39 is 6.03 Å².